The smallest absolute Gasteiger partial charge is 0.262 e. The molecule has 0 bridgehead atoms. The van der Waals surface area contributed by atoms with Crippen molar-refractivity contribution in [3.63, 3.8) is 0 Å². The zero-order valence-corrected chi connectivity index (χ0v) is 11.0. The van der Waals surface area contributed by atoms with E-state index in [1.54, 1.807) is 21.1 Å². The predicted molar refractivity (Wildman–Crippen MR) is 67.4 cm³/mol. The Morgan fingerprint density at radius 3 is 2.71 bits per heavy atom. The lowest BCUT2D eigenvalue weighted by molar-refractivity contribution is -0.171. The van der Waals surface area contributed by atoms with Gasteiger partial charge >= 0.3 is 0 Å². The fourth-order valence-electron chi connectivity index (χ4n) is 1.30. The lowest BCUT2D eigenvalue weighted by Crippen LogP contribution is -2.43. The van der Waals surface area contributed by atoms with Crippen molar-refractivity contribution >= 4 is 11.9 Å². The van der Waals surface area contributed by atoms with Crippen molar-refractivity contribution in [2.24, 2.45) is 10.7 Å². The first-order chi connectivity index (χ1) is 8.06. The second-order valence-corrected chi connectivity index (χ2v) is 3.54. The first-order valence-electron chi connectivity index (χ1n) is 5.51. The molecular formula is C10H23N5O2. The standard InChI is InChI=1S/C10H23N5O2/c1-12-8(9(16)15(3)17-4)6-5-7-14-10(11)13-2/h8,12H,5-7H2,1-4H3,(H3,11,13,14). The Morgan fingerprint density at radius 2 is 2.24 bits per heavy atom. The van der Waals surface area contributed by atoms with Crippen molar-refractivity contribution in [1.82, 2.24) is 15.7 Å². The van der Waals surface area contributed by atoms with Crippen LogP contribution in [0.1, 0.15) is 12.8 Å². The molecule has 100 valence electrons. The van der Waals surface area contributed by atoms with E-state index in [4.69, 9.17) is 10.6 Å². The van der Waals surface area contributed by atoms with Gasteiger partial charge in [0.2, 0.25) is 0 Å². The number of hydroxylamine groups is 2. The first-order valence-corrected chi connectivity index (χ1v) is 5.51. The van der Waals surface area contributed by atoms with Gasteiger partial charge in [-0.05, 0) is 19.9 Å². The lowest BCUT2D eigenvalue weighted by atomic mass is 10.1. The Hall–Kier alpha value is -1.34. The van der Waals surface area contributed by atoms with Gasteiger partial charge < -0.3 is 16.4 Å². The van der Waals surface area contributed by atoms with Gasteiger partial charge in [0.15, 0.2) is 5.96 Å². The van der Waals surface area contributed by atoms with Crippen LogP contribution in [-0.4, -0.2) is 57.8 Å². The highest BCUT2D eigenvalue weighted by atomic mass is 16.7. The van der Waals surface area contributed by atoms with Gasteiger partial charge in [-0.2, -0.15) is 0 Å². The number of nitrogens with two attached hydrogens (primary N) is 1. The molecule has 0 rings (SSSR count). The zero-order valence-electron chi connectivity index (χ0n) is 11.0. The van der Waals surface area contributed by atoms with E-state index in [-0.39, 0.29) is 11.9 Å². The second kappa shape index (κ2) is 8.77. The summed E-state index contributed by atoms with van der Waals surface area (Å²) in [4.78, 5) is 20.4. The monoisotopic (exact) mass is 245 g/mol. The number of carbonyl (C=O) groups is 1. The van der Waals surface area contributed by atoms with E-state index in [0.717, 1.165) is 6.42 Å². The molecule has 0 fully saturated rings. The van der Waals surface area contributed by atoms with Crippen molar-refractivity contribution in [3.05, 3.63) is 0 Å². The molecule has 1 amide bonds. The molecule has 1 atom stereocenters. The second-order valence-electron chi connectivity index (χ2n) is 3.54. The van der Waals surface area contributed by atoms with Gasteiger partial charge in [-0.3, -0.25) is 14.6 Å². The fourth-order valence-corrected chi connectivity index (χ4v) is 1.30. The van der Waals surface area contributed by atoms with Crippen LogP contribution < -0.4 is 16.4 Å². The number of rotatable bonds is 7. The zero-order chi connectivity index (χ0) is 13.3. The molecule has 0 heterocycles. The third-order valence-corrected chi connectivity index (χ3v) is 2.45. The third kappa shape index (κ3) is 6.08. The van der Waals surface area contributed by atoms with Gasteiger partial charge in [0.05, 0.1) is 13.2 Å². The average Bonchev–Trinajstić information content (AvgIpc) is 2.36. The van der Waals surface area contributed by atoms with Crippen molar-refractivity contribution in [2.75, 3.05) is 34.8 Å². The number of guanidine groups is 1. The summed E-state index contributed by atoms with van der Waals surface area (Å²) < 4.78 is 0. The maximum atomic E-state index is 11.8. The molecule has 0 aliphatic rings. The summed E-state index contributed by atoms with van der Waals surface area (Å²) in [5.41, 5.74) is 5.48. The summed E-state index contributed by atoms with van der Waals surface area (Å²) in [5.74, 6) is 0.318. The highest BCUT2D eigenvalue weighted by Crippen LogP contribution is 2.00. The number of hydrogen-bond donors (Lipinski definition) is 3. The highest BCUT2D eigenvalue weighted by molar-refractivity contribution is 5.80. The minimum Gasteiger partial charge on any atom is -0.370 e. The molecule has 0 aromatic heterocycles. The Kier molecular flexibility index (Phi) is 8.08. The van der Waals surface area contributed by atoms with Crippen LogP contribution in [0.5, 0.6) is 0 Å². The van der Waals surface area contributed by atoms with Crippen LogP contribution in [0.15, 0.2) is 4.99 Å². The SMILES string of the molecule is CN=C(N)NCCCC(NC)C(=O)N(C)OC. The van der Waals surface area contributed by atoms with Gasteiger partial charge in [0.25, 0.3) is 5.91 Å². The van der Waals surface area contributed by atoms with Crippen LogP contribution in [-0.2, 0) is 9.63 Å². The molecular weight excluding hydrogens is 222 g/mol. The van der Waals surface area contributed by atoms with Crippen LogP contribution in [0.4, 0.5) is 0 Å². The molecule has 1 unspecified atom stereocenters. The lowest BCUT2D eigenvalue weighted by Gasteiger charge is -2.21. The molecule has 0 radical (unpaired) electrons. The molecule has 0 aromatic rings. The highest BCUT2D eigenvalue weighted by Gasteiger charge is 2.19. The van der Waals surface area contributed by atoms with Crippen LogP contribution in [0, 0.1) is 0 Å². The van der Waals surface area contributed by atoms with E-state index in [0.29, 0.717) is 18.9 Å². The molecule has 17 heavy (non-hydrogen) atoms. The number of amides is 1. The number of carbonyl (C=O) groups excluding carboxylic acids is 1. The predicted octanol–water partition coefficient (Wildman–Crippen LogP) is -1.09. The normalized spacial score (nSPS) is 13.3. The molecule has 0 aromatic carbocycles. The number of likely N-dealkylation sites (N-methyl/N-ethyl adjacent to an activating group) is 2. The number of nitrogens with zero attached hydrogens (tertiary/aromatic N) is 2. The van der Waals surface area contributed by atoms with Crippen molar-refractivity contribution in [1.29, 1.82) is 0 Å². The van der Waals surface area contributed by atoms with E-state index in [2.05, 4.69) is 15.6 Å². The Labute approximate surface area is 102 Å². The minimum absolute atomic E-state index is 0.0906. The molecule has 0 aliphatic carbocycles. The summed E-state index contributed by atoms with van der Waals surface area (Å²) >= 11 is 0. The Bertz CT molecular complexity index is 257. The van der Waals surface area contributed by atoms with Crippen molar-refractivity contribution in [2.45, 2.75) is 18.9 Å². The summed E-state index contributed by atoms with van der Waals surface area (Å²) in [5, 5.41) is 7.12. The molecule has 0 aliphatic heterocycles. The van der Waals surface area contributed by atoms with Gasteiger partial charge in [0.1, 0.15) is 0 Å². The maximum absolute atomic E-state index is 11.8. The molecule has 4 N–H and O–H groups in total. The quantitative estimate of drug-likeness (QED) is 0.229. The van der Waals surface area contributed by atoms with Crippen LogP contribution in [0.2, 0.25) is 0 Å². The molecule has 7 heteroatoms. The van der Waals surface area contributed by atoms with Gasteiger partial charge in [0, 0.05) is 20.6 Å². The summed E-state index contributed by atoms with van der Waals surface area (Å²) in [6.45, 7) is 0.686. The van der Waals surface area contributed by atoms with Crippen LogP contribution >= 0.6 is 0 Å². The summed E-state index contributed by atoms with van der Waals surface area (Å²) in [6, 6.07) is -0.249. The largest absolute Gasteiger partial charge is 0.370 e. The fraction of sp³-hybridized carbons (Fsp3) is 0.800. The van der Waals surface area contributed by atoms with Crippen molar-refractivity contribution < 1.29 is 9.63 Å². The molecule has 7 nitrogen and oxygen atoms in total. The van der Waals surface area contributed by atoms with E-state index < -0.39 is 0 Å². The van der Waals surface area contributed by atoms with Gasteiger partial charge in [-0.1, -0.05) is 0 Å². The Balaban J connectivity index is 3.94. The van der Waals surface area contributed by atoms with Gasteiger partial charge in [-0.15, -0.1) is 0 Å². The summed E-state index contributed by atoms with van der Waals surface area (Å²) in [7, 11) is 6.43. The number of hydrogen-bond acceptors (Lipinski definition) is 4. The van der Waals surface area contributed by atoms with Crippen molar-refractivity contribution in [3.8, 4) is 0 Å². The first kappa shape index (κ1) is 15.7. The number of nitrogens with one attached hydrogen (secondary N) is 2. The van der Waals surface area contributed by atoms with Gasteiger partial charge in [-0.25, -0.2) is 5.06 Å². The molecule has 0 saturated heterocycles. The van der Waals surface area contributed by atoms with E-state index in [1.807, 2.05) is 0 Å². The van der Waals surface area contributed by atoms with E-state index in [1.165, 1.54) is 12.2 Å². The Morgan fingerprint density at radius 1 is 1.59 bits per heavy atom. The minimum atomic E-state index is -0.249. The topological polar surface area (TPSA) is 92.0 Å². The van der Waals surface area contributed by atoms with E-state index in [9.17, 15) is 4.79 Å². The number of aliphatic imine (C=N–C) groups is 1. The maximum Gasteiger partial charge on any atom is 0.262 e. The average molecular weight is 245 g/mol. The van der Waals surface area contributed by atoms with Crippen LogP contribution in [0.25, 0.3) is 0 Å². The van der Waals surface area contributed by atoms with E-state index >= 15 is 0 Å². The molecule has 0 spiro atoms. The molecule has 0 saturated carbocycles. The van der Waals surface area contributed by atoms with Crippen LogP contribution in [0.3, 0.4) is 0 Å². The summed E-state index contributed by atoms with van der Waals surface area (Å²) in [6.07, 6.45) is 1.51. The third-order valence-electron chi connectivity index (χ3n) is 2.45.